The number of benzodiazepines with no additional fused rings is 1. The molecule has 2 aliphatic heterocycles. The van der Waals surface area contributed by atoms with Crippen molar-refractivity contribution in [3.05, 3.63) is 63.6 Å². The zero-order chi connectivity index (χ0) is 23.9. The number of nitrogens with one attached hydrogen (secondary N) is 1. The van der Waals surface area contributed by atoms with Gasteiger partial charge >= 0.3 is 5.97 Å². The van der Waals surface area contributed by atoms with E-state index in [4.69, 9.17) is 32.7 Å². The van der Waals surface area contributed by atoms with Crippen molar-refractivity contribution in [2.75, 3.05) is 5.32 Å². The number of carbonyl (C=O) groups is 2. The molecule has 0 unspecified atom stereocenters. The molecule has 0 spiro atoms. The highest BCUT2D eigenvalue weighted by Gasteiger charge is 2.48. The van der Waals surface area contributed by atoms with Crippen LogP contribution in [0.2, 0.25) is 10.0 Å². The molecule has 4 rings (SSSR count). The number of carboxylic acid groups (broad SMARTS) is 1. The van der Waals surface area contributed by atoms with Gasteiger partial charge in [-0.25, -0.2) is 9.79 Å². The summed E-state index contributed by atoms with van der Waals surface area (Å²) >= 11 is 12.5. The van der Waals surface area contributed by atoms with Gasteiger partial charge < -0.3 is 35.2 Å². The zero-order valence-corrected chi connectivity index (χ0v) is 18.1. The summed E-state index contributed by atoms with van der Waals surface area (Å²) in [5.74, 6) is -2.35. The largest absolute Gasteiger partial charge is 0.479 e. The Kier molecular flexibility index (Phi) is 6.68. The van der Waals surface area contributed by atoms with Gasteiger partial charge in [-0.2, -0.15) is 0 Å². The molecule has 0 bridgehead atoms. The Hall–Kier alpha value is -2.57. The number of aliphatic hydroxyl groups is 3. The Morgan fingerprint density at radius 2 is 1.76 bits per heavy atom. The number of aliphatic carboxylic acids is 1. The average Bonchev–Trinajstić information content (AvgIpc) is 2.90. The van der Waals surface area contributed by atoms with Gasteiger partial charge in [-0.1, -0.05) is 41.4 Å². The predicted octanol–water partition coefficient (Wildman–Crippen LogP) is 1.02. The quantitative estimate of drug-likeness (QED) is 0.419. The second-order valence-corrected chi connectivity index (χ2v) is 8.20. The first kappa shape index (κ1) is 23.6. The monoisotopic (exact) mass is 496 g/mol. The molecule has 2 aromatic carbocycles. The van der Waals surface area contributed by atoms with Crippen molar-refractivity contribution in [3.63, 3.8) is 0 Å². The van der Waals surface area contributed by atoms with Crippen LogP contribution in [0.3, 0.4) is 0 Å². The van der Waals surface area contributed by atoms with E-state index in [1.165, 1.54) is 0 Å². The van der Waals surface area contributed by atoms with E-state index in [0.29, 0.717) is 26.9 Å². The number of hydrogen-bond acceptors (Lipinski definition) is 8. The Morgan fingerprint density at radius 3 is 2.45 bits per heavy atom. The Morgan fingerprint density at radius 1 is 1.03 bits per heavy atom. The number of benzene rings is 2. The predicted molar refractivity (Wildman–Crippen MR) is 116 cm³/mol. The lowest BCUT2D eigenvalue weighted by Gasteiger charge is -2.39. The molecule has 0 aliphatic carbocycles. The summed E-state index contributed by atoms with van der Waals surface area (Å²) in [5.41, 5.74) is 1.50. The Bertz CT molecular complexity index is 1130. The van der Waals surface area contributed by atoms with Gasteiger partial charge in [-0.05, 0) is 24.3 Å². The van der Waals surface area contributed by atoms with Gasteiger partial charge in [0.15, 0.2) is 12.4 Å². The third kappa shape index (κ3) is 4.59. The van der Waals surface area contributed by atoms with Gasteiger partial charge in [0.1, 0.15) is 18.3 Å². The fraction of sp³-hybridized carbons (Fsp3) is 0.286. The third-order valence-electron chi connectivity index (χ3n) is 5.17. The SMILES string of the molecule is O=C1Nc2ccc(Cl)cc2C(c2ccccc2Cl)=N[C@H]1O[C@H]1O[C@@H](C(=O)O)[C@H](O)[C@@H](O)[C@@H]1O. The fourth-order valence-corrected chi connectivity index (χ4v) is 3.91. The van der Waals surface area contributed by atoms with E-state index in [-0.39, 0.29) is 5.71 Å². The molecule has 1 saturated heterocycles. The number of aliphatic hydroxyl groups excluding tert-OH is 3. The van der Waals surface area contributed by atoms with E-state index in [1.807, 2.05) is 0 Å². The molecular formula is C21H18Cl2N2O8. The summed E-state index contributed by atoms with van der Waals surface area (Å²) < 4.78 is 10.6. The molecule has 2 aromatic rings. The van der Waals surface area contributed by atoms with Crippen molar-refractivity contribution in [1.82, 2.24) is 0 Å². The number of aliphatic imine (C=N–C) groups is 1. The van der Waals surface area contributed by atoms with E-state index >= 15 is 0 Å². The Labute approximate surface area is 197 Å². The molecule has 6 atom stereocenters. The highest BCUT2D eigenvalue weighted by Crippen LogP contribution is 2.31. The number of ether oxygens (including phenoxy) is 2. The molecule has 5 N–H and O–H groups in total. The molecule has 1 fully saturated rings. The van der Waals surface area contributed by atoms with E-state index < -0.39 is 48.8 Å². The molecule has 0 saturated carbocycles. The molecule has 0 aromatic heterocycles. The first-order chi connectivity index (χ1) is 15.7. The van der Waals surface area contributed by atoms with Crippen molar-refractivity contribution in [3.8, 4) is 0 Å². The van der Waals surface area contributed by atoms with Gasteiger partial charge in [0.2, 0.25) is 6.23 Å². The second-order valence-electron chi connectivity index (χ2n) is 7.36. The van der Waals surface area contributed by atoms with E-state index in [0.717, 1.165) is 0 Å². The smallest absolute Gasteiger partial charge is 0.335 e. The molecule has 10 nitrogen and oxygen atoms in total. The van der Waals surface area contributed by atoms with Gasteiger partial charge in [-0.15, -0.1) is 0 Å². The maximum Gasteiger partial charge on any atom is 0.335 e. The summed E-state index contributed by atoms with van der Waals surface area (Å²) in [6.45, 7) is 0. The maximum atomic E-state index is 12.9. The number of carboxylic acids is 1. The van der Waals surface area contributed by atoms with E-state index in [1.54, 1.807) is 42.5 Å². The lowest BCUT2D eigenvalue weighted by molar-refractivity contribution is -0.300. The van der Waals surface area contributed by atoms with Crippen molar-refractivity contribution < 1.29 is 39.5 Å². The normalized spacial score (nSPS) is 29.5. The summed E-state index contributed by atoms with van der Waals surface area (Å²) in [6, 6.07) is 11.4. The number of rotatable bonds is 4. The van der Waals surface area contributed by atoms with Crippen molar-refractivity contribution >= 4 is 46.5 Å². The Balaban J connectivity index is 1.75. The lowest BCUT2D eigenvalue weighted by atomic mass is 9.99. The van der Waals surface area contributed by atoms with Crippen molar-refractivity contribution in [1.29, 1.82) is 0 Å². The van der Waals surface area contributed by atoms with Crippen molar-refractivity contribution in [2.45, 2.75) is 36.9 Å². The fourth-order valence-electron chi connectivity index (χ4n) is 3.51. The number of amides is 1. The molecule has 12 heteroatoms. The topological polar surface area (TPSA) is 158 Å². The van der Waals surface area contributed by atoms with Crippen LogP contribution < -0.4 is 5.32 Å². The highest BCUT2D eigenvalue weighted by atomic mass is 35.5. The summed E-state index contributed by atoms with van der Waals surface area (Å²) in [5, 5.41) is 42.7. The minimum absolute atomic E-state index is 0.238. The van der Waals surface area contributed by atoms with Gasteiger partial charge in [0, 0.05) is 21.2 Å². The first-order valence-electron chi connectivity index (χ1n) is 9.69. The minimum Gasteiger partial charge on any atom is -0.479 e. The van der Waals surface area contributed by atoms with Crippen LogP contribution in [-0.4, -0.2) is 74.9 Å². The van der Waals surface area contributed by atoms with Crippen molar-refractivity contribution in [2.24, 2.45) is 4.99 Å². The van der Waals surface area contributed by atoms with Crippen LogP contribution >= 0.6 is 23.2 Å². The summed E-state index contributed by atoms with van der Waals surface area (Å²) in [7, 11) is 0. The van der Waals surface area contributed by atoms with Crippen LogP contribution in [0, 0.1) is 0 Å². The lowest BCUT2D eigenvalue weighted by Crippen LogP contribution is -2.61. The number of anilines is 1. The number of nitrogens with zero attached hydrogens (tertiary/aromatic N) is 1. The number of halogens is 2. The van der Waals surface area contributed by atoms with Gasteiger partial charge in [0.05, 0.1) is 11.4 Å². The summed E-state index contributed by atoms with van der Waals surface area (Å²) in [4.78, 5) is 28.6. The molecular weight excluding hydrogens is 479 g/mol. The van der Waals surface area contributed by atoms with Crippen LogP contribution in [0.1, 0.15) is 11.1 Å². The van der Waals surface area contributed by atoms with Crippen LogP contribution in [0.25, 0.3) is 0 Å². The standard InChI is InChI=1S/C21H18Cl2N2O8/c22-8-5-6-12-10(7-8)13(9-3-1-2-4-11(9)23)25-19(18(29)24-12)33-21-16(28)14(26)15(27)17(32-21)20(30)31/h1-7,14-17,19,21,26-28H,(H,24,29)(H,30,31)/t14-,15-,16+,17-,19+,21-/m1/s1. The molecule has 2 heterocycles. The van der Waals surface area contributed by atoms with Crippen LogP contribution in [0.15, 0.2) is 47.5 Å². The summed E-state index contributed by atoms with van der Waals surface area (Å²) in [6.07, 6.45) is -11.0. The number of fused-ring (bicyclic) bond motifs is 1. The van der Waals surface area contributed by atoms with E-state index in [2.05, 4.69) is 10.3 Å². The minimum atomic E-state index is -1.91. The van der Waals surface area contributed by atoms with E-state index in [9.17, 15) is 30.0 Å². The molecule has 1 amide bonds. The molecule has 33 heavy (non-hydrogen) atoms. The van der Waals surface area contributed by atoms with Crippen LogP contribution in [0.4, 0.5) is 5.69 Å². The molecule has 0 radical (unpaired) electrons. The highest BCUT2D eigenvalue weighted by molar-refractivity contribution is 6.36. The average molecular weight is 497 g/mol. The van der Waals surface area contributed by atoms with Crippen LogP contribution in [-0.2, 0) is 19.1 Å². The zero-order valence-electron chi connectivity index (χ0n) is 16.6. The molecule has 174 valence electrons. The van der Waals surface area contributed by atoms with Gasteiger partial charge in [-0.3, -0.25) is 4.79 Å². The number of hydrogen-bond donors (Lipinski definition) is 5. The van der Waals surface area contributed by atoms with Gasteiger partial charge in [0.25, 0.3) is 5.91 Å². The number of carbonyl (C=O) groups excluding carboxylic acids is 1. The van der Waals surface area contributed by atoms with Crippen LogP contribution in [0.5, 0.6) is 0 Å². The third-order valence-corrected chi connectivity index (χ3v) is 5.73. The first-order valence-corrected chi connectivity index (χ1v) is 10.4. The second kappa shape index (κ2) is 9.35. The maximum absolute atomic E-state index is 12.9. The molecule has 2 aliphatic rings.